The lowest BCUT2D eigenvalue weighted by Gasteiger charge is -2.05. The van der Waals surface area contributed by atoms with Crippen molar-refractivity contribution in [1.82, 2.24) is 20.4 Å². The number of amides is 1. The standard InChI is InChI=1S/C20H17N5OS.C2HF3O2/c1-3-16-13(7-8-18-17(16)11-21-23-18)10-19-24-25-20(27-19)14-5-4-6-15(9-14)22-12(2)26;3-2(4,5)1(6)7/h3-9,11H,1,10H2,2H3,(H,21,23)(H,22,26);(H,6,7). The van der Waals surface area contributed by atoms with Crippen LogP contribution in [-0.2, 0) is 16.0 Å². The summed E-state index contributed by atoms with van der Waals surface area (Å²) in [6, 6.07) is 11.7. The second-order valence-electron chi connectivity index (χ2n) is 6.92. The number of carbonyl (C=O) groups excluding carboxylic acids is 1. The number of benzene rings is 2. The van der Waals surface area contributed by atoms with Gasteiger partial charge in [-0.15, -0.1) is 10.2 Å². The number of aromatic amines is 1. The number of halogens is 3. The summed E-state index contributed by atoms with van der Waals surface area (Å²) in [6.07, 6.45) is -0.744. The van der Waals surface area contributed by atoms with Crippen molar-refractivity contribution in [2.45, 2.75) is 19.5 Å². The Hall–Kier alpha value is -4.06. The molecular weight excluding hydrogens is 471 g/mol. The number of H-pyrrole nitrogens is 1. The van der Waals surface area contributed by atoms with Gasteiger partial charge >= 0.3 is 12.1 Å². The molecule has 0 fully saturated rings. The molecule has 0 atom stereocenters. The number of rotatable bonds is 5. The van der Waals surface area contributed by atoms with Crippen molar-refractivity contribution in [2.75, 3.05) is 5.32 Å². The molecule has 12 heteroatoms. The average Bonchev–Trinajstić information content (AvgIpc) is 3.43. The average molecular weight is 489 g/mol. The SMILES string of the molecule is C=Cc1c(Cc2nnc(-c3cccc(NC(C)=O)c3)s2)ccc2[nH]ncc12.O=C(O)C(F)(F)F. The molecular formula is C22H18F3N5O3S. The van der Waals surface area contributed by atoms with E-state index in [0.717, 1.165) is 43.3 Å². The van der Waals surface area contributed by atoms with Crippen LogP contribution in [0.25, 0.3) is 27.6 Å². The van der Waals surface area contributed by atoms with E-state index in [1.54, 1.807) is 11.3 Å². The summed E-state index contributed by atoms with van der Waals surface area (Å²) in [6.45, 7) is 5.43. The van der Waals surface area contributed by atoms with Gasteiger partial charge in [-0.25, -0.2) is 4.79 Å². The Labute approximate surface area is 195 Å². The van der Waals surface area contributed by atoms with Crippen LogP contribution in [0.3, 0.4) is 0 Å². The summed E-state index contributed by atoms with van der Waals surface area (Å²) >= 11 is 1.54. The molecule has 2 heterocycles. The summed E-state index contributed by atoms with van der Waals surface area (Å²) in [4.78, 5) is 20.1. The van der Waals surface area contributed by atoms with Gasteiger partial charge < -0.3 is 10.4 Å². The summed E-state index contributed by atoms with van der Waals surface area (Å²) in [5, 5.41) is 28.4. The van der Waals surface area contributed by atoms with E-state index in [2.05, 4.69) is 38.4 Å². The van der Waals surface area contributed by atoms with E-state index in [-0.39, 0.29) is 5.91 Å². The van der Waals surface area contributed by atoms with Crippen LogP contribution < -0.4 is 5.32 Å². The molecule has 4 rings (SSSR count). The molecule has 0 bridgehead atoms. The molecule has 0 aliphatic heterocycles. The quantitative estimate of drug-likeness (QED) is 0.366. The molecule has 3 N–H and O–H groups in total. The van der Waals surface area contributed by atoms with E-state index in [9.17, 15) is 18.0 Å². The van der Waals surface area contributed by atoms with Crippen LogP contribution >= 0.6 is 11.3 Å². The third kappa shape index (κ3) is 6.04. The minimum atomic E-state index is -5.08. The van der Waals surface area contributed by atoms with Gasteiger partial charge in [0, 0.05) is 30.0 Å². The van der Waals surface area contributed by atoms with Crippen molar-refractivity contribution in [2.24, 2.45) is 0 Å². The molecule has 2 aromatic carbocycles. The van der Waals surface area contributed by atoms with E-state index in [1.165, 1.54) is 6.92 Å². The number of alkyl halides is 3. The van der Waals surface area contributed by atoms with Crippen molar-refractivity contribution >= 4 is 45.9 Å². The lowest BCUT2D eigenvalue weighted by Crippen LogP contribution is -2.21. The molecule has 4 aromatic rings. The highest BCUT2D eigenvalue weighted by Gasteiger charge is 2.38. The Morgan fingerprint density at radius 1 is 1.24 bits per heavy atom. The molecule has 1 amide bonds. The third-order valence-electron chi connectivity index (χ3n) is 4.44. The number of nitrogens with zero attached hydrogens (tertiary/aromatic N) is 3. The van der Waals surface area contributed by atoms with Gasteiger partial charge in [0.1, 0.15) is 10.0 Å². The van der Waals surface area contributed by atoms with Crippen molar-refractivity contribution in [3.05, 3.63) is 65.3 Å². The highest BCUT2D eigenvalue weighted by Crippen LogP contribution is 2.29. The van der Waals surface area contributed by atoms with Gasteiger partial charge in [-0.2, -0.15) is 18.3 Å². The maximum Gasteiger partial charge on any atom is 0.490 e. The number of carbonyl (C=O) groups is 2. The number of carboxylic acid groups (broad SMARTS) is 1. The monoisotopic (exact) mass is 489 g/mol. The van der Waals surface area contributed by atoms with E-state index in [4.69, 9.17) is 9.90 Å². The van der Waals surface area contributed by atoms with Crippen LogP contribution in [0.2, 0.25) is 0 Å². The van der Waals surface area contributed by atoms with Gasteiger partial charge in [-0.3, -0.25) is 9.89 Å². The van der Waals surface area contributed by atoms with Gasteiger partial charge in [0.2, 0.25) is 5.91 Å². The molecule has 0 aliphatic carbocycles. The number of fused-ring (bicyclic) bond motifs is 1. The van der Waals surface area contributed by atoms with Gasteiger partial charge in [-0.05, 0) is 29.3 Å². The van der Waals surface area contributed by atoms with Gasteiger partial charge in [-0.1, -0.05) is 42.2 Å². The normalized spacial score (nSPS) is 10.9. The molecule has 0 aliphatic rings. The van der Waals surface area contributed by atoms with Crippen molar-refractivity contribution in [1.29, 1.82) is 0 Å². The highest BCUT2D eigenvalue weighted by atomic mass is 32.1. The van der Waals surface area contributed by atoms with E-state index < -0.39 is 12.1 Å². The van der Waals surface area contributed by atoms with Crippen LogP contribution in [0.5, 0.6) is 0 Å². The van der Waals surface area contributed by atoms with Crippen molar-refractivity contribution in [3.8, 4) is 10.6 Å². The summed E-state index contributed by atoms with van der Waals surface area (Å²) < 4.78 is 31.7. The Morgan fingerprint density at radius 2 is 1.97 bits per heavy atom. The third-order valence-corrected chi connectivity index (χ3v) is 5.41. The largest absolute Gasteiger partial charge is 0.490 e. The lowest BCUT2D eigenvalue weighted by atomic mass is 10.0. The number of aromatic nitrogens is 4. The zero-order chi connectivity index (χ0) is 24.9. The summed E-state index contributed by atoms with van der Waals surface area (Å²) in [5.74, 6) is -2.86. The molecule has 0 radical (unpaired) electrons. The fraction of sp³-hybridized carbons (Fsp3) is 0.136. The number of hydrogen-bond acceptors (Lipinski definition) is 6. The van der Waals surface area contributed by atoms with Gasteiger partial charge in [0.05, 0.1) is 11.7 Å². The highest BCUT2D eigenvalue weighted by molar-refractivity contribution is 7.14. The smallest absolute Gasteiger partial charge is 0.475 e. The van der Waals surface area contributed by atoms with Crippen LogP contribution in [0, 0.1) is 0 Å². The van der Waals surface area contributed by atoms with Crippen molar-refractivity contribution < 1.29 is 27.9 Å². The first-order chi connectivity index (χ1) is 16.1. The zero-order valence-electron chi connectivity index (χ0n) is 17.7. The Bertz CT molecular complexity index is 1350. The number of anilines is 1. The minimum absolute atomic E-state index is 0.100. The molecule has 0 saturated heterocycles. The number of aliphatic carboxylic acids is 1. The van der Waals surface area contributed by atoms with Gasteiger partial charge in [0.15, 0.2) is 0 Å². The second-order valence-corrected chi connectivity index (χ2v) is 7.98. The predicted molar refractivity (Wildman–Crippen MR) is 122 cm³/mol. The Morgan fingerprint density at radius 3 is 2.62 bits per heavy atom. The minimum Gasteiger partial charge on any atom is -0.475 e. The van der Waals surface area contributed by atoms with E-state index in [1.807, 2.05) is 42.6 Å². The predicted octanol–water partition coefficient (Wildman–Crippen LogP) is 4.91. The first-order valence-corrected chi connectivity index (χ1v) is 10.5. The van der Waals surface area contributed by atoms with Crippen LogP contribution in [0.1, 0.15) is 23.1 Å². The number of carboxylic acids is 1. The maximum atomic E-state index is 11.3. The lowest BCUT2D eigenvalue weighted by molar-refractivity contribution is -0.192. The fourth-order valence-corrected chi connectivity index (χ4v) is 3.88. The van der Waals surface area contributed by atoms with Crippen LogP contribution in [0.4, 0.5) is 18.9 Å². The Balaban J connectivity index is 0.000000406. The molecule has 0 saturated carbocycles. The van der Waals surface area contributed by atoms with E-state index >= 15 is 0 Å². The molecule has 2 aromatic heterocycles. The van der Waals surface area contributed by atoms with Crippen molar-refractivity contribution in [3.63, 3.8) is 0 Å². The number of nitrogens with one attached hydrogen (secondary N) is 2. The van der Waals surface area contributed by atoms with Gasteiger partial charge in [0.25, 0.3) is 0 Å². The van der Waals surface area contributed by atoms with Crippen LogP contribution in [0.15, 0.2) is 49.2 Å². The van der Waals surface area contributed by atoms with Crippen LogP contribution in [-0.4, -0.2) is 43.6 Å². The fourth-order valence-electron chi connectivity index (χ4n) is 3.02. The molecule has 34 heavy (non-hydrogen) atoms. The first kappa shape index (κ1) is 24.6. The molecule has 0 spiro atoms. The topological polar surface area (TPSA) is 121 Å². The number of hydrogen-bond donors (Lipinski definition) is 3. The molecule has 0 unspecified atom stereocenters. The molecule has 176 valence electrons. The Kier molecular flexibility index (Phi) is 7.41. The summed E-state index contributed by atoms with van der Waals surface area (Å²) in [7, 11) is 0. The second kappa shape index (κ2) is 10.3. The molecule has 8 nitrogen and oxygen atoms in total. The first-order valence-electron chi connectivity index (χ1n) is 9.66. The summed E-state index contributed by atoms with van der Waals surface area (Å²) in [5.41, 5.74) is 4.86. The zero-order valence-corrected chi connectivity index (χ0v) is 18.5. The van der Waals surface area contributed by atoms with E-state index in [0.29, 0.717) is 6.42 Å². The maximum absolute atomic E-state index is 11.3.